The van der Waals surface area contributed by atoms with Gasteiger partial charge in [-0.2, -0.15) is 13.2 Å². The number of fused-ring (bicyclic) bond motifs is 1. The molecule has 0 fully saturated rings. The molecule has 0 radical (unpaired) electrons. The Labute approximate surface area is 127 Å². The molecule has 0 saturated heterocycles. The van der Waals surface area contributed by atoms with Crippen LogP contribution in [0.5, 0.6) is 0 Å². The molecule has 108 valence electrons. The van der Waals surface area contributed by atoms with E-state index in [9.17, 15) is 13.2 Å². The molecule has 3 rings (SSSR count). The smallest absolute Gasteiger partial charge is 0.305 e. The number of pyridine rings is 1. The largest absolute Gasteiger partial charge is 0.416 e. The highest BCUT2D eigenvalue weighted by Gasteiger charge is 2.30. The van der Waals surface area contributed by atoms with Gasteiger partial charge < -0.3 is 4.40 Å². The fourth-order valence-corrected chi connectivity index (χ4v) is 2.76. The summed E-state index contributed by atoms with van der Waals surface area (Å²) in [6.07, 6.45) is -0.655. The number of halogens is 4. The topological polar surface area (TPSA) is 17.3 Å². The molecule has 0 bridgehead atoms. The molecule has 0 aliphatic rings. The van der Waals surface area contributed by atoms with Gasteiger partial charge in [-0.3, -0.25) is 0 Å². The Balaban J connectivity index is 2.06. The van der Waals surface area contributed by atoms with Gasteiger partial charge in [0.2, 0.25) is 0 Å². The lowest BCUT2D eigenvalue weighted by molar-refractivity contribution is -0.137. The highest BCUT2D eigenvalue weighted by atomic mass is 79.9. The van der Waals surface area contributed by atoms with E-state index in [1.807, 2.05) is 23.6 Å². The van der Waals surface area contributed by atoms with Crippen molar-refractivity contribution in [1.82, 2.24) is 9.38 Å². The third-order valence-electron chi connectivity index (χ3n) is 3.21. The molecule has 0 saturated carbocycles. The number of aryl methyl sites for hydroxylation is 1. The van der Waals surface area contributed by atoms with Crippen molar-refractivity contribution in [2.45, 2.75) is 13.1 Å². The average molecular weight is 355 g/mol. The zero-order chi connectivity index (χ0) is 15.2. The van der Waals surface area contributed by atoms with Crippen molar-refractivity contribution >= 4 is 21.6 Å². The van der Waals surface area contributed by atoms with E-state index < -0.39 is 11.7 Å². The number of aromatic nitrogens is 2. The monoisotopic (exact) mass is 354 g/mol. The first-order valence-electron chi connectivity index (χ1n) is 6.17. The van der Waals surface area contributed by atoms with Gasteiger partial charge in [0.25, 0.3) is 0 Å². The van der Waals surface area contributed by atoms with E-state index in [0.717, 1.165) is 27.8 Å². The van der Waals surface area contributed by atoms with Crippen molar-refractivity contribution in [3.8, 4) is 11.3 Å². The summed E-state index contributed by atoms with van der Waals surface area (Å²) in [7, 11) is 0. The molecule has 0 aliphatic heterocycles. The van der Waals surface area contributed by atoms with E-state index in [4.69, 9.17) is 0 Å². The number of imidazole rings is 1. The number of nitrogens with zero attached hydrogens (tertiary/aromatic N) is 2. The minimum Gasteiger partial charge on any atom is -0.305 e. The van der Waals surface area contributed by atoms with Crippen molar-refractivity contribution in [3.05, 3.63) is 58.3 Å². The van der Waals surface area contributed by atoms with Crippen LogP contribution in [0.4, 0.5) is 13.2 Å². The predicted octanol–water partition coefficient (Wildman–Crippen LogP) is 5.09. The van der Waals surface area contributed by atoms with Gasteiger partial charge in [0.15, 0.2) is 0 Å². The van der Waals surface area contributed by atoms with Crippen LogP contribution in [-0.4, -0.2) is 9.38 Å². The van der Waals surface area contributed by atoms with Gasteiger partial charge in [0, 0.05) is 22.4 Å². The maximum atomic E-state index is 12.6. The second-order valence-corrected chi connectivity index (χ2v) is 5.69. The van der Waals surface area contributed by atoms with Crippen LogP contribution in [-0.2, 0) is 6.18 Å². The van der Waals surface area contributed by atoms with Gasteiger partial charge in [-0.1, -0.05) is 12.1 Å². The second kappa shape index (κ2) is 4.87. The van der Waals surface area contributed by atoms with Crippen LogP contribution >= 0.6 is 15.9 Å². The lowest BCUT2D eigenvalue weighted by Gasteiger charge is -2.06. The highest BCUT2D eigenvalue weighted by Crippen LogP contribution is 2.31. The first-order valence-corrected chi connectivity index (χ1v) is 6.96. The molecule has 3 aromatic rings. The van der Waals surface area contributed by atoms with Gasteiger partial charge in [-0.25, -0.2) is 4.98 Å². The number of hydrogen-bond donors (Lipinski definition) is 0. The van der Waals surface area contributed by atoms with Crippen LogP contribution in [0.3, 0.4) is 0 Å². The Kier molecular flexibility index (Phi) is 3.28. The Hall–Kier alpha value is -1.82. The number of benzene rings is 1. The summed E-state index contributed by atoms with van der Waals surface area (Å²) in [6, 6.07) is 6.97. The molecule has 0 N–H and O–H groups in total. The van der Waals surface area contributed by atoms with Crippen LogP contribution in [0, 0.1) is 6.92 Å². The molecule has 2 heterocycles. The van der Waals surface area contributed by atoms with Gasteiger partial charge in [0.1, 0.15) is 5.65 Å². The maximum absolute atomic E-state index is 12.6. The summed E-state index contributed by atoms with van der Waals surface area (Å²) >= 11 is 3.41. The Morgan fingerprint density at radius 2 is 1.76 bits per heavy atom. The van der Waals surface area contributed by atoms with E-state index in [1.165, 1.54) is 12.1 Å². The summed E-state index contributed by atoms with van der Waals surface area (Å²) in [6.45, 7) is 1.93. The Morgan fingerprint density at radius 3 is 2.38 bits per heavy atom. The summed E-state index contributed by atoms with van der Waals surface area (Å²) < 4.78 is 40.5. The number of rotatable bonds is 1. The van der Waals surface area contributed by atoms with Crippen LogP contribution in [0.15, 0.2) is 47.2 Å². The molecule has 0 atom stereocenters. The SMILES string of the molecule is Cc1cc(Br)cn2cc(-c3ccc(C(F)(F)F)cc3)nc12. The predicted molar refractivity (Wildman–Crippen MR) is 78.1 cm³/mol. The lowest BCUT2D eigenvalue weighted by Crippen LogP contribution is -2.03. The third kappa shape index (κ3) is 2.68. The van der Waals surface area contributed by atoms with Crippen LogP contribution in [0.25, 0.3) is 16.9 Å². The molecule has 2 nitrogen and oxygen atoms in total. The van der Waals surface area contributed by atoms with Crippen molar-refractivity contribution in [2.24, 2.45) is 0 Å². The molecule has 0 aliphatic carbocycles. The van der Waals surface area contributed by atoms with E-state index in [0.29, 0.717) is 11.3 Å². The fraction of sp³-hybridized carbons (Fsp3) is 0.133. The zero-order valence-electron chi connectivity index (χ0n) is 10.9. The Morgan fingerprint density at radius 1 is 1.10 bits per heavy atom. The van der Waals surface area contributed by atoms with Crippen molar-refractivity contribution in [3.63, 3.8) is 0 Å². The van der Waals surface area contributed by atoms with Gasteiger partial charge in [-0.05, 0) is 46.6 Å². The van der Waals surface area contributed by atoms with Crippen molar-refractivity contribution in [2.75, 3.05) is 0 Å². The van der Waals surface area contributed by atoms with E-state index >= 15 is 0 Å². The number of alkyl halides is 3. The first kappa shape index (κ1) is 14.1. The van der Waals surface area contributed by atoms with Gasteiger partial charge in [0.05, 0.1) is 11.3 Å². The molecular weight excluding hydrogens is 345 g/mol. The van der Waals surface area contributed by atoms with Crippen LogP contribution in [0.2, 0.25) is 0 Å². The van der Waals surface area contributed by atoms with E-state index in [-0.39, 0.29) is 0 Å². The fourth-order valence-electron chi connectivity index (χ4n) is 2.19. The van der Waals surface area contributed by atoms with Crippen molar-refractivity contribution in [1.29, 1.82) is 0 Å². The summed E-state index contributed by atoms with van der Waals surface area (Å²) in [4.78, 5) is 4.48. The standard InChI is InChI=1S/C15H10BrF3N2/c1-9-6-12(16)7-21-8-13(20-14(9)21)10-2-4-11(5-3-10)15(17,18)19/h2-8H,1H3. The molecule has 2 aromatic heterocycles. The van der Waals surface area contributed by atoms with E-state index in [2.05, 4.69) is 20.9 Å². The minimum atomic E-state index is -4.32. The van der Waals surface area contributed by atoms with Crippen LogP contribution < -0.4 is 0 Å². The average Bonchev–Trinajstić information content (AvgIpc) is 2.82. The minimum absolute atomic E-state index is 0.643. The van der Waals surface area contributed by atoms with Crippen LogP contribution in [0.1, 0.15) is 11.1 Å². The molecule has 1 aromatic carbocycles. The highest BCUT2D eigenvalue weighted by molar-refractivity contribution is 9.10. The molecule has 0 spiro atoms. The lowest BCUT2D eigenvalue weighted by atomic mass is 10.1. The van der Waals surface area contributed by atoms with Crippen molar-refractivity contribution < 1.29 is 13.2 Å². The number of hydrogen-bond acceptors (Lipinski definition) is 1. The quantitative estimate of drug-likeness (QED) is 0.594. The zero-order valence-corrected chi connectivity index (χ0v) is 12.5. The molecule has 0 amide bonds. The normalized spacial score (nSPS) is 12.0. The Bertz CT molecular complexity index is 804. The molecule has 0 unspecified atom stereocenters. The van der Waals surface area contributed by atoms with Gasteiger partial charge in [-0.15, -0.1) is 0 Å². The van der Waals surface area contributed by atoms with Gasteiger partial charge >= 0.3 is 6.18 Å². The third-order valence-corrected chi connectivity index (χ3v) is 3.64. The second-order valence-electron chi connectivity index (χ2n) is 4.77. The summed E-state index contributed by atoms with van der Waals surface area (Å²) in [5, 5.41) is 0. The molecular formula is C15H10BrF3N2. The molecule has 6 heteroatoms. The molecule has 21 heavy (non-hydrogen) atoms. The summed E-state index contributed by atoms with van der Waals surface area (Å²) in [5.41, 5.74) is 2.41. The van der Waals surface area contributed by atoms with E-state index in [1.54, 1.807) is 6.20 Å². The summed E-state index contributed by atoms with van der Waals surface area (Å²) in [5.74, 6) is 0. The maximum Gasteiger partial charge on any atom is 0.416 e. The first-order chi connectivity index (χ1) is 9.84.